The van der Waals surface area contributed by atoms with Crippen LogP contribution >= 0.6 is 0 Å². The molecule has 2 heteroatoms. The van der Waals surface area contributed by atoms with Gasteiger partial charge in [-0.25, -0.2) is 0 Å². The van der Waals surface area contributed by atoms with Gasteiger partial charge in [-0.3, -0.25) is 0 Å². The highest BCUT2D eigenvalue weighted by Gasteiger charge is 2.32. The third-order valence-corrected chi connectivity index (χ3v) is 2.39. The van der Waals surface area contributed by atoms with Crippen LogP contribution in [0.15, 0.2) is 42.5 Å². The quantitative estimate of drug-likeness (QED) is 0.631. The topological polar surface area (TPSA) is 40.5 Å². The average Bonchev–Trinajstić information content (AvgIpc) is 2.49. The zero-order chi connectivity index (χ0) is 9.31. The summed E-state index contributed by atoms with van der Waals surface area (Å²) in [6.45, 7) is 0. The standard InChI is InChI=1S/C11H12O2/c12-10-6-7-11(13,8-10)9-4-2-1-3-5-9/h1-7,10,12-13H,8H2/t10-,11+/m1/s1. The maximum absolute atomic E-state index is 10.1. The first kappa shape index (κ1) is 8.48. The number of aliphatic hydroxyl groups excluding tert-OH is 1. The molecule has 0 aliphatic heterocycles. The predicted octanol–water partition coefficient (Wildman–Crippen LogP) is 1.19. The van der Waals surface area contributed by atoms with Crippen molar-refractivity contribution in [3.8, 4) is 0 Å². The van der Waals surface area contributed by atoms with E-state index in [1.54, 1.807) is 12.2 Å². The van der Waals surface area contributed by atoms with E-state index in [4.69, 9.17) is 0 Å². The SMILES string of the molecule is O[C@@H]1C=C[C@@](O)(c2ccccc2)C1. The van der Waals surface area contributed by atoms with Crippen molar-refractivity contribution in [3.63, 3.8) is 0 Å². The van der Waals surface area contributed by atoms with Crippen LogP contribution in [0.4, 0.5) is 0 Å². The third-order valence-electron chi connectivity index (χ3n) is 2.39. The van der Waals surface area contributed by atoms with Gasteiger partial charge >= 0.3 is 0 Å². The molecule has 0 amide bonds. The average molecular weight is 176 g/mol. The molecule has 2 N–H and O–H groups in total. The molecule has 0 radical (unpaired) electrons. The van der Waals surface area contributed by atoms with Crippen molar-refractivity contribution in [2.75, 3.05) is 0 Å². The number of hydrogen-bond acceptors (Lipinski definition) is 2. The van der Waals surface area contributed by atoms with Gasteiger partial charge in [0.15, 0.2) is 0 Å². The molecule has 1 aromatic carbocycles. The summed E-state index contributed by atoms with van der Waals surface area (Å²) in [5, 5.41) is 19.4. The van der Waals surface area contributed by atoms with E-state index < -0.39 is 11.7 Å². The van der Waals surface area contributed by atoms with Crippen molar-refractivity contribution >= 4 is 0 Å². The fraction of sp³-hybridized carbons (Fsp3) is 0.273. The van der Waals surface area contributed by atoms with E-state index in [0.717, 1.165) is 5.56 Å². The summed E-state index contributed by atoms with van der Waals surface area (Å²) in [5.41, 5.74) is -0.136. The summed E-state index contributed by atoms with van der Waals surface area (Å²) < 4.78 is 0. The Hall–Kier alpha value is -1.12. The fourth-order valence-electron chi connectivity index (χ4n) is 1.67. The second-order valence-electron chi connectivity index (χ2n) is 3.42. The van der Waals surface area contributed by atoms with E-state index in [-0.39, 0.29) is 0 Å². The molecule has 0 spiro atoms. The largest absolute Gasteiger partial charge is 0.389 e. The first-order valence-corrected chi connectivity index (χ1v) is 4.36. The van der Waals surface area contributed by atoms with Gasteiger partial charge in [0.25, 0.3) is 0 Å². The molecule has 0 unspecified atom stereocenters. The molecule has 1 aliphatic carbocycles. The summed E-state index contributed by atoms with van der Waals surface area (Å²) in [6, 6.07) is 9.39. The fourth-order valence-corrected chi connectivity index (χ4v) is 1.67. The van der Waals surface area contributed by atoms with Gasteiger partial charge in [-0.2, -0.15) is 0 Å². The predicted molar refractivity (Wildman–Crippen MR) is 50.1 cm³/mol. The van der Waals surface area contributed by atoms with Crippen LogP contribution in [0.1, 0.15) is 12.0 Å². The van der Waals surface area contributed by atoms with Crippen LogP contribution in [0, 0.1) is 0 Å². The lowest BCUT2D eigenvalue weighted by Gasteiger charge is -2.21. The van der Waals surface area contributed by atoms with Crippen LogP contribution in [0.5, 0.6) is 0 Å². The molecule has 0 heterocycles. The number of benzene rings is 1. The van der Waals surface area contributed by atoms with Crippen LogP contribution in [0.2, 0.25) is 0 Å². The van der Waals surface area contributed by atoms with Crippen molar-refractivity contribution in [3.05, 3.63) is 48.0 Å². The number of rotatable bonds is 1. The molecule has 1 aliphatic rings. The first-order chi connectivity index (χ1) is 6.21. The minimum Gasteiger partial charge on any atom is -0.389 e. The summed E-state index contributed by atoms with van der Waals surface area (Å²) >= 11 is 0. The maximum Gasteiger partial charge on any atom is 0.111 e. The second-order valence-corrected chi connectivity index (χ2v) is 3.42. The second kappa shape index (κ2) is 2.98. The molecule has 0 aromatic heterocycles. The van der Waals surface area contributed by atoms with Crippen molar-refractivity contribution in [1.82, 2.24) is 0 Å². The Balaban J connectivity index is 2.32. The highest BCUT2D eigenvalue weighted by molar-refractivity contribution is 5.30. The van der Waals surface area contributed by atoms with Crippen molar-refractivity contribution in [1.29, 1.82) is 0 Å². The van der Waals surface area contributed by atoms with Crippen LogP contribution < -0.4 is 0 Å². The molecule has 0 saturated carbocycles. The summed E-state index contributed by atoms with van der Waals surface area (Å²) in [6.07, 6.45) is 3.13. The molecule has 0 saturated heterocycles. The third kappa shape index (κ3) is 1.50. The molecule has 1 aromatic rings. The van der Waals surface area contributed by atoms with Gasteiger partial charge in [0, 0.05) is 6.42 Å². The Morgan fingerprint density at radius 3 is 2.46 bits per heavy atom. The van der Waals surface area contributed by atoms with Crippen LogP contribution in [0.3, 0.4) is 0 Å². The minimum absolute atomic E-state index is 0.358. The monoisotopic (exact) mass is 176 g/mol. The van der Waals surface area contributed by atoms with E-state index >= 15 is 0 Å². The number of hydrogen-bond donors (Lipinski definition) is 2. The molecule has 68 valence electrons. The van der Waals surface area contributed by atoms with Crippen LogP contribution in [-0.2, 0) is 5.60 Å². The van der Waals surface area contributed by atoms with Crippen LogP contribution in [-0.4, -0.2) is 16.3 Å². The Kier molecular flexibility index (Phi) is 1.94. The van der Waals surface area contributed by atoms with E-state index in [2.05, 4.69) is 0 Å². The zero-order valence-electron chi connectivity index (χ0n) is 7.22. The maximum atomic E-state index is 10.1. The van der Waals surface area contributed by atoms with Gasteiger partial charge in [-0.15, -0.1) is 0 Å². The lowest BCUT2D eigenvalue weighted by atomic mass is 9.93. The summed E-state index contributed by atoms with van der Waals surface area (Å²) in [4.78, 5) is 0. The van der Waals surface area contributed by atoms with Crippen molar-refractivity contribution in [2.24, 2.45) is 0 Å². The lowest BCUT2D eigenvalue weighted by Crippen LogP contribution is -2.22. The van der Waals surface area contributed by atoms with Gasteiger partial charge < -0.3 is 10.2 Å². The van der Waals surface area contributed by atoms with Crippen molar-refractivity contribution < 1.29 is 10.2 Å². The van der Waals surface area contributed by atoms with Crippen molar-refractivity contribution in [2.45, 2.75) is 18.1 Å². The minimum atomic E-state index is -0.972. The molecular formula is C11H12O2. The molecule has 2 atom stereocenters. The normalized spacial score (nSPS) is 32.3. The highest BCUT2D eigenvalue weighted by Crippen LogP contribution is 2.32. The zero-order valence-corrected chi connectivity index (χ0v) is 7.22. The van der Waals surface area contributed by atoms with Gasteiger partial charge in [-0.05, 0) is 11.6 Å². The van der Waals surface area contributed by atoms with Gasteiger partial charge in [0.1, 0.15) is 5.60 Å². The Labute approximate surface area is 77.1 Å². The molecule has 13 heavy (non-hydrogen) atoms. The highest BCUT2D eigenvalue weighted by atomic mass is 16.3. The molecule has 0 fully saturated rings. The van der Waals surface area contributed by atoms with Gasteiger partial charge in [0.05, 0.1) is 6.10 Å². The van der Waals surface area contributed by atoms with Gasteiger partial charge in [0.2, 0.25) is 0 Å². The van der Waals surface area contributed by atoms with Gasteiger partial charge in [-0.1, -0.05) is 36.4 Å². The van der Waals surface area contributed by atoms with Crippen LogP contribution in [0.25, 0.3) is 0 Å². The Bertz CT molecular complexity index is 318. The number of aliphatic hydroxyl groups is 2. The Morgan fingerprint density at radius 1 is 1.23 bits per heavy atom. The smallest absolute Gasteiger partial charge is 0.111 e. The molecule has 2 nitrogen and oxygen atoms in total. The molecule has 2 rings (SSSR count). The first-order valence-electron chi connectivity index (χ1n) is 4.36. The van der Waals surface area contributed by atoms with E-state index in [1.165, 1.54) is 0 Å². The lowest BCUT2D eigenvalue weighted by molar-refractivity contribution is 0.0558. The summed E-state index contributed by atoms with van der Waals surface area (Å²) in [7, 11) is 0. The molecular weight excluding hydrogens is 164 g/mol. The molecule has 0 bridgehead atoms. The van der Waals surface area contributed by atoms with E-state index in [0.29, 0.717) is 6.42 Å². The summed E-state index contributed by atoms with van der Waals surface area (Å²) in [5.74, 6) is 0. The van der Waals surface area contributed by atoms with E-state index in [9.17, 15) is 10.2 Å². The van der Waals surface area contributed by atoms with E-state index in [1.807, 2.05) is 30.3 Å². The Morgan fingerprint density at radius 2 is 1.92 bits per heavy atom.